The Hall–Kier alpha value is -1.05. The van der Waals surface area contributed by atoms with Gasteiger partial charge in [0, 0.05) is 4.90 Å². The van der Waals surface area contributed by atoms with Gasteiger partial charge in [-0.05, 0) is 29.6 Å². The van der Waals surface area contributed by atoms with E-state index in [1.165, 1.54) is 11.8 Å². The van der Waals surface area contributed by atoms with Gasteiger partial charge in [0.05, 0.1) is 20.3 Å². The summed E-state index contributed by atoms with van der Waals surface area (Å²) in [6, 6.07) is 7.41. The molecule has 20 heavy (non-hydrogen) atoms. The standard InChI is InChI=1S/C12H8Cl2N4S2/c13-7-2-1-6(5-8(7)14)20-11-10-9(3-4-19-10)16-12(17-11)18-15/h1-5H,15H2,(H,16,17,18). The fraction of sp³-hybridized carbons (Fsp3) is 0. The van der Waals surface area contributed by atoms with Crippen LogP contribution in [0.3, 0.4) is 0 Å². The van der Waals surface area contributed by atoms with Gasteiger partial charge >= 0.3 is 0 Å². The van der Waals surface area contributed by atoms with Crippen LogP contribution < -0.4 is 11.3 Å². The van der Waals surface area contributed by atoms with Crippen LogP contribution in [0.2, 0.25) is 10.0 Å². The fourth-order valence-corrected chi connectivity index (χ4v) is 3.83. The molecule has 2 heterocycles. The van der Waals surface area contributed by atoms with E-state index in [1.54, 1.807) is 17.4 Å². The van der Waals surface area contributed by atoms with Crippen molar-refractivity contribution in [1.82, 2.24) is 9.97 Å². The van der Waals surface area contributed by atoms with E-state index in [2.05, 4.69) is 15.4 Å². The number of aromatic nitrogens is 2. The van der Waals surface area contributed by atoms with Gasteiger partial charge in [-0.25, -0.2) is 15.8 Å². The van der Waals surface area contributed by atoms with Gasteiger partial charge in [-0.15, -0.1) is 11.3 Å². The first-order valence-electron chi connectivity index (χ1n) is 5.52. The molecule has 3 N–H and O–H groups in total. The molecule has 0 spiro atoms. The van der Waals surface area contributed by atoms with Crippen LogP contribution in [0.15, 0.2) is 39.6 Å². The Labute approximate surface area is 133 Å². The number of rotatable bonds is 3. The van der Waals surface area contributed by atoms with Crippen molar-refractivity contribution in [3.05, 3.63) is 39.7 Å². The summed E-state index contributed by atoms with van der Waals surface area (Å²) >= 11 is 15.0. The zero-order chi connectivity index (χ0) is 14.1. The van der Waals surface area contributed by atoms with E-state index in [9.17, 15) is 0 Å². The molecular weight excluding hydrogens is 335 g/mol. The van der Waals surface area contributed by atoms with Gasteiger partial charge in [0.2, 0.25) is 5.95 Å². The summed E-state index contributed by atoms with van der Waals surface area (Å²) in [7, 11) is 0. The fourth-order valence-electron chi connectivity index (χ4n) is 1.62. The Morgan fingerprint density at radius 1 is 1.15 bits per heavy atom. The highest BCUT2D eigenvalue weighted by atomic mass is 35.5. The summed E-state index contributed by atoms with van der Waals surface area (Å²) in [4.78, 5) is 9.63. The van der Waals surface area contributed by atoms with Crippen molar-refractivity contribution in [2.45, 2.75) is 9.92 Å². The number of hydrazine groups is 1. The zero-order valence-electron chi connectivity index (χ0n) is 9.93. The molecule has 8 heteroatoms. The molecule has 0 atom stereocenters. The van der Waals surface area contributed by atoms with Crippen LogP contribution in [0, 0.1) is 0 Å². The summed E-state index contributed by atoms with van der Waals surface area (Å²) < 4.78 is 1.01. The molecular formula is C12H8Cl2N4S2. The molecule has 0 saturated heterocycles. The van der Waals surface area contributed by atoms with Crippen molar-refractivity contribution in [3.8, 4) is 0 Å². The maximum absolute atomic E-state index is 6.03. The van der Waals surface area contributed by atoms with E-state index in [4.69, 9.17) is 29.0 Å². The van der Waals surface area contributed by atoms with E-state index in [-0.39, 0.29) is 0 Å². The minimum absolute atomic E-state index is 0.387. The lowest BCUT2D eigenvalue weighted by Crippen LogP contribution is -2.10. The number of thiophene rings is 1. The second-order valence-corrected chi connectivity index (χ2v) is 6.60. The number of hydrogen-bond donors (Lipinski definition) is 2. The molecule has 0 bridgehead atoms. The molecule has 1 aromatic carbocycles. The van der Waals surface area contributed by atoms with Crippen LogP contribution in [0.5, 0.6) is 0 Å². The predicted molar refractivity (Wildman–Crippen MR) is 85.8 cm³/mol. The van der Waals surface area contributed by atoms with Gasteiger partial charge < -0.3 is 0 Å². The molecule has 102 valence electrons. The maximum atomic E-state index is 6.03. The topological polar surface area (TPSA) is 63.8 Å². The number of nitrogens with zero attached hydrogens (tertiary/aromatic N) is 2. The van der Waals surface area contributed by atoms with Gasteiger partial charge in [-0.2, -0.15) is 0 Å². The Morgan fingerprint density at radius 3 is 2.75 bits per heavy atom. The summed E-state index contributed by atoms with van der Waals surface area (Å²) in [5.41, 5.74) is 3.34. The zero-order valence-corrected chi connectivity index (χ0v) is 13.1. The highest BCUT2D eigenvalue weighted by Gasteiger charge is 2.11. The number of fused-ring (bicyclic) bond motifs is 1. The third-order valence-corrected chi connectivity index (χ3v) is 5.26. The number of hydrogen-bond acceptors (Lipinski definition) is 6. The largest absolute Gasteiger partial charge is 0.292 e. The van der Waals surface area contributed by atoms with Gasteiger partial charge in [0.1, 0.15) is 5.03 Å². The van der Waals surface area contributed by atoms with Crippen molar-refractivity contribution in [1.29, 1.82) is 0 Å². The Kier molecular flexibility index (Phi) is 4.00. The summed E-state index contributed by atoms with van der Waals surface area (Å²) in [5, 5.41) is 3.85. The third kappa shape index (κ3) is 2.70. The highest BCUT2D eigenvalue weighted by Crippen LogP contribution is 2.37. The molecule has 0 unspecified atom stereocenters. The van der Waals surface area contributed by atoms with Crippen molar-refractivity contribution in [3.63, 3.8) is 0 Å². The van der Waals surface area contributed by atoms with Crippen LogP contribution in [-0.2, 0) is 0 Å². The average molecular weight is 343 g/mol. The quantitative estimate of drug-likeness (QED) is 0.418. The number of nitrogens with two attached hydrogens (primary N) is 1. The lowest BCUT2D eigenvalue weighted by molar-refractivity contribution is 1.08. The van der Waals surface area contributed by atoms with Crippen LogP contribution in [-0.4, -0.2) is 9.97 Å². The molecule has 0 fully saturated rings. The molecule has 3 aromatic rings. The third-order valence-electron chi connectivity index (χ3n) is 2.51. The van der Waals surface area contributed by atoms with E-state index < -0.39 is 0 Å². The van der Waals surface area contributed by atoms with Crippen LogP contribution in [0.4, 0.5) is 5.95 Å². The first-order chi connectivity index (χ1) is 9.67. The van der Waals surface area contributed by atoms with E-state index in [0.717, 1.165) is 20.1 Å². The minimum Gasteiger partial charge on any atom is -0.292 e. The number of anilines is 1. The van der Waals surface area contributed by atoms with Gasteiger partial charge in [0.25, 0.3) is 0 Å². The Balaban J connectivity index is 2.04. The molecule has 0 radical (unpaired) electrons. The van der Waals surface area contributed by atoms with Crippen molar-refractivity contribution >= 4 is 62.5 Å². The average Bonchev–Trinajstić information content (AvgIpc) is 2.91. The monoisotopic (exact) mass is 342 g/mol. The number of nitrogen functional groups attached to an aromatic ring is 1. The van der Waals surface area contributed by atoms with Crippen molar-refractivity contribution < 1.29 is 0 Å². The van der Waals surface area contributed by atoms with Gasteiger partial charge in [-0.3, -0.25) is 5.43 Å². The van der Waals surface area contributed by atoms with Crippen molar-refractivity contribution in [2.24, 2.45) is 5.84 Å². The summed E-state index contributed by atoms with van der Waals surface area (Å²) in [5.74, 6) is 5.78. The first kappa shape index (κ1) is 13.9. The second-order valence-electron chi connectivity index (χ2n) is 3.81. The molecule has 0 aliphatic carbocycles. The van der Waals surface area contributed by atoms with E-state index in [0.29, 0.717) is 16.0 Å². The summed E-state index contributed by atoms with van der Waals surface area (Å²) in [6.07, 6.45) is 0. The lowest BCUT2D eigenvalue weighted by atomic mass is 10.4. The Morgan fingerprint density at radius 2 is 2.00 bits per heavy atom. The summed E-state index contributed by atoms with van der Waals surface area (Å²) in [6.45, 7) is 0. The molecule has 3 rings (SSSR count). The number of benzene rings is 1. The second kappa shape index (κ2) is 5.75. The molecule has 0 saturated carbocycles. The van der Waals surface area contributed by atoms with Gasteiger partial charge in [-0.1, -0.05) is 35.0 Å². The number of halogens is 2. The normalized spacial score (nSPS) is 10.9. The van der Waals surface area contributed by atoms with Crippen LogP contribution >= 0.6 is 46.3 Å². The smallest absolute Gasteiger partial charge is 0.238 e. The highest BCUT2D eigenvalue weighted by molar-refractivity contribution is 7.99. The maximum Gasteiger partial charge on any atom is 0.238 e. The molecule has 4 nitrogen and oxygen atoms in total. The lowest BCUT2D eigenvalue weighted by Gasteiger charge is -2.06. The van der Waals surface area contributed by atoms with Crippen LogP contribution in [0.25, 0.3) is 10.2 Å². The van der Waals surface area contributed by atoms with Crippen molar-refractivity contribution in [2.75, 3.05) is 5.43 Å². The SMILES string of the molecule is NNc1nc(Sc2ccc(Cl)c(Cl)c2)c2sccc2n1. The predicted octanol–water partition coefficient (Wildman–Crippen LogP) is 4.43. The Bertz CT molecular complexity index is 775. The molecule has 2 aromatic heterocycles. The van der Waals surface area contributed by atoms with Gasteiger partial charge in [0.15, 0.2) is 0 Å². The first-order valence-corrected chi connectivity index (χ1v) is 7.97. The number of nitrogens with one attached hydrogen (secondary N) is 1. The van der Waals surface area contributed by atoms with Crippen LogP contribution in [0.1, 0.15) is 0 Å². The molecule has 0 amide bonds. The molecule has 0 aliphatic heterocycles. The minimum atomic E-state index is 0.387. The van der Waals surface area contributed by atoms with E-state index in [1.807, 2.05) is 23.6 Å². The molecule has 0 aliphatic rings. The van der Waals surface area contributed by atoms with E-state index >= 15 is 0 Å².